The number of nitrogens with one attached hydrogen (secondary N) is 1. The van der Waals surface area contributed by atoms with Crippen LogP contribution in [0.15, 0.2) is 133 Å². The van der Waals surface area contributed by atoms with E-state index < -0.39 is 0 Å². The van der Waals surface area contributed by atoms with Gasteiger partial charge in [-0.1, -0.05) is 109 Å². The Bertz CT molecular complexity index is 1560. The average molecular weight is 422 g/mol. The molecule has 1 N–H and O–H groups in total. The normalized spacial score (nSPS) is 11.0. The highest BCUT2D eigenvalue weighted by Crippen LogP contribution is 2.37. The van der Waals surface area contributed by atoms with Crippen LogP contribution in [0.2, 0.25) is 0 Å². The van der Waals surface area contributed by atoms with Gasteiger partial charge in [0.2, 0.25) is 0 Å². The molecule has 156 valence electrons. The highest BCUT2D eigenvalue weighted by Gasteiger charge is 2.10. The first-order valence-electron chi connectivity index (χ1n) is 11.3. The van der Waals surface area contributed by atoms with Crippen LogP contribution in [-0.2, 0) is 0 Å². The van der Waals surface area contributed by atoms with Crippen molar-refractivity contribution in [3.05, 3.63) is 133 Å². The zero-order chi connectivity index (χ0) is 22.0. The van der Waals surface area contributed by atoms with Gasteiger partial charge in [0.25, 0.3) is 0 Å². The average Bonchev–Trinajstić information content (AvgIpc) is 2.89. The molecule has 0 radical (unpaired) electrons. The van der Waals surface area contributed by atoms with E-state index in [1.54, 1.807) is 0 Å². The Hall–Kier alpha value is -4.36. The molecule has 0 amide bonds. The van der Waals surface area contributed by atoms with E-state index in [1.807, 2.05) is 0 Å². The van der Waals surface area contributed by atoms with Gasteiger partial charge >= 0.3 is 0 Å². The number of benzene rings is 6. The van der Waals surface area contributed by atoms with Crippen molar-refractivity contribution in [1.29, 1.82) is 0 Å². The van der Waals surface area contributed by atoms with E-state index >= 15 is 0 Å². The fourth-order valence-electron chi connectivity index (χ4n) is 4.61. The molecule has 0 aliphatic carbocycles. The van der Waals surface area contributed by atoms with Crippen LogP contribution in [0.1, 0.15) is 0 Å². The minimum atomic E-state index is 1.08. The first-order chi connectivity index (χ1) is 16.3. The van der Waals surface area contributed by atoms with E-state index in [0.29, 0.717) is 0 Å². The molecule has 1 nitrogen and oxygen atoms in total. The summed E-state index contributed by atoms with van der Waals surface area (Å²) in [4.78, 5) is 0. The first-order valence-corrected chi connectivity index (χ1v) is 11.3. The highest BCUT2D eigenvalue weighted by atomic mass is 14.9. The zero-order valence-electron chi connectivity index (χ0n) is 18.2. The molecule has 0 bridgehead atoms. The zero-order valence-corrected chi connectivity index (χ0v) is 18.2. The van der Waals surface area contributed by atoms with Crippen LogP contribution in [0, 0.1) is 0 Å². The summed E-state index contributed by atoms with van der Waals surface area (Å²) in [5, 5.41) is 8.59. The Morgan fingerprint density at radius 2 is 0.939 bits per heavy atom. The SMILES string of the molecule is c1ccc(-c2cccc3cccc(-c4ccc(Nc5ccc6ccccc6c5)cc4)c23)cc1. The fraction of sp³-hybridized carbons (Fsp3) is 0. The van der Waals surface area contributed by atoms with Gasteiger partial charge in [-0.15, -0.1) is 0 Å². The lowest BCUT2D eigenvalue weighted by Crippen LogP contribution is -1.91. The monoisotopic (exact) mass is 421 g/mol. The summed E-state index contributed by atoms with van der Waals surface area (Å²) in [5.74, 6) is 0. The van der Waals surface area contributed by atoms with Crippen molar-refractivity contribution >= 4 is 32.9 Å². The predicted molar refractivity (Wildman–Crippen MR) is 142 cm³/mol. The van der Waals surface area contributed by atoms with Gasteiger partial charge in [-0.25, -0.2) is 0 Å². The molecule has 33 heavy (non-hydrogen) atoms. The Kier molecular flexibility index (Phi) is 4.86. The van der Waals surface area contributed by atoms with Crippen LogP contribution in [0.3, 0.4) is 0 Å². The fourth-order valence-corrected chi connectivity index (χ4v) is 4.61. The molecule has 0 aromatic heterocycles. The Morgan fingerprint density at radius 1 is 0.364 bits per heavy atom. The van der Waals surface area contributed by atoms with Crippen LogP contribution in [0.25, 0.3) is 43.8 Å². The Labute approximate surface area is 194 Å². The van der Waals surface area contributed by atoms with E-state index in [9.17, 15) is 0 Å². The van der Waals surface area contributed by atoms with Gasteiger partial charge in [0.05, 0.1) is 0 Å². The van der Waals surface area contributed by atoms with E-state index in [0.717, 1.165) is 11.4 Å². The summed E-state index contributed by atoms with van der Waals surface area (Å²) in [7, 11) is 0. The second-order valence-electron chi connectivity index (χ2n) is 8.34. The maximum Gasteiger partial charge on any atom is 0.0390 e. The number of rotatable bonds is 4. The third-order valence-corrected chi connectivity index (χ3v) is 6.22. The van der Waals surface area contributed by atoms with Crippen molar-refractivity contribution < 1.29 is 0 Å². The summed E-state index contributed by atoms with van der Waals surface area (Å²) < 4.78 is 0. The Balaban J connectivity index is 1.37. The molecule has 6 aromatic rings. The summed E-state index contributed by atoms with van der Waals surface area (Å²) in [6.45, 7) is 0. The maximum absolute atomic E-state index is 3.55. The van der Waals surface area contributed by atoms with Crippen LogP contribution >= 0.6 is 0 Å². The number of hydrogen-bond acceptors (Lipinski definition) is 1. The largest absolute Gasteiger partial charge is 0.356 e. The standard InChI is InChI=1S/C32H23N/c1-2-9-24(10-3-1)30-14-6-12-26-13-7-15-31(32(26)30)25-17-19-28(20-18-25)33-29-21-16-23-8-4-5-11-27(23)22-29/h1-22,33H. The van der Waals surface area contributed by atoms with Gasteiger partial charge in [-0.3, -0.25) is 0 Å². The molecule has 6 aromatic carbocycles. The quantitative estimate of drug-likeness (QED) is 0.299. The number of anilines is 2. The molecule has 0 saturated carbocycles. The lowest BCUT2D eigenvalue weighted by molar-refractivity contribution is 1.56. The van der Waals surface area contributed by atoms with Gasteiger partial charge in [0, 0.05) is 11.4 Å². The maximum atomic E-state index is 3.55. The molecular formula is C32H23N. The highest BCUT2D eigenvalue weighted by molar-refractivity contribution is 6.06. The molecule has 0 heterocycles. The predicted octanol–water partition coefficient (Wildman–Crippen LogP) is 9.07. The minimum Gasteiger partial charge on any atom is -0.356 e. The molecule has 0 aliphatic rings. The van der Waals surface area contributed by atoms with Gasteiger partial charge in [0.15, 0.2) is 0 Å². The summed E-state index contributed by atoms with van der Waals surface area (Å²) in [6, 6.07) is 47.4. The van der Waals surface area contributed by atoms with Crippen LogP contribution in [-0.4, -0.2) is 0 Å². The molecule has 0 aliphatic heterocycles. The van der Waals surface area contributed by atoms with Crippen molar-refractivity contribution in [2.24, 2.45) is 0 Å². The summed E-state index contributed by atoms with van der Waals surface area (Å²) in [5.41, 5.74) is 7.15. The second-order valence-corrected chi connectivity index (χ2v) is 8.34. The van der Waals surface area contributed by atoms with Gasteiger partial charge in [-0.05, 0) is 68.1 Å². The molecule has 6 rings (SSSR count). The molecule has 1 heteroatoms. The van der Waals surface area contributed by atoms with Crippen LogP contribution in [0.5, 0.6) is 0 Å². The van der Waals surface area contributed by atoms with Crippen molar-refractivity contribution in [3.8, 4) is 22.3 Å². The molecular weight excluding hydrogens is 398 g/mol. The summed E-state index contributed by atoms with van der Waals surface area (Å²) in [6.07, 6.45) is 0. The number of hydrogen-bond donors (Lipinski definition) is 1. The van der Waals surface area contributed by atoms with Crippen molar-refractivity contribution in [3.63, 3.8) is 0 Å². The Morgan fingerprint density at radius 3 is 1.67 bits per heavy atom. The third kappa shape index (κ3) is 3.75. The molecule has 0 spiro atoms. The van der Waals surface area contributed by atoms with E-state index in [-0.39, 0.29) is 0 Å². The lowest BCUT2D eigenvalue weighted by atomic mass is 9.91. The topological polar surface area (TPSA) is 12.0 Å². The van der Waals surface area contributed by atoms with E-state index in [4.69, 9.17) is 0 Å². The van der Waals surface area contributed by atoms with E-state index in [2.05, 4.69) is 139 Å². The molecule has 0 unspecified atom stereocenters. The molecule has 0 atom stereocenters. The second kappa shape index (κ2) is 8.29. The smallest absolute Gasteiger partial charge is 0.0390 e. The van der Waals surface area contributed by atoms with Crippen LogP contribution < -0.4 is 5.32 Å². The number of fused-ring (bicyclic) bond motifs is 2. The first kappa shape index (κ1) is 19.3. The van der Waals surface area contributed by atoms with E-state index in [1.165, 1.54) is 43.8 Å². The summed E-state index contributed by atoms with van der Waals surface area (Å²) >= 11 is 0. The van der Waals surface area contributed by atoms with Crippen molar-refractivity contribution in [2.75, 3.05) is 5.32 Å². The third-order valence-electron chi connectivity index (χ3n) is 6.22. The van der Waals surface area contributed by atoms with Gasteiger partial charge in [-0.2, -0.15) is 0 Å². The van der Waals surface area contributed by atoms with Crippen molar-refractivity contribution in [1.82, 2.24) is 0 Å². The van der Waals surface area contributed by atoms with Gasteiger partial charge in [0.1, 0.15) is 0 Å². The van der Waals surface area contributed by atoms with Crippen LogP contribution in [0.4, 0.5) is 11.4 Å². The lowest BCUT2D eigenvalue weighted by Gasteiger charge is -2.13. The van der Waals surface area contributed by atoms with Gasteiger partial charge < -0.3 is 5.32 Å². The van der Waals surface area contributed by atoms with Crippen molar-refractivity contribution in [2.45, 2.75) is 0 Å². The minimum absolute atomic E-state index is 1.08. The molecule has 0 saturated heterocycles. The molecule has 0 fully saturated rings.